The maximum absolute atomic E-state index is 12.8. The lowest BCUT2D eigenvalue weighted by Gasteiger charge is -2.11. The number of hydrogen-bond donors (Lipinski definition) is 2. The molecule has 0 atom stereocenters. The average molecular weight is 413 g/mol. The van der Waals surface area contributed by atoms with Crippen molar-refractivity contribution in [2.45, 2.75) is 13.5 Å². The minimum Gasteiger partial charge on any atom is -0.450 e. The van der Waals surface area contributed by atoms with Crippen LogP contribution < -0.4 is 21.6 Å². The van der Waals surface area contributed by atoms with Crippen molar-refractivity contribution in [1.29, 1.82) is 5.26 Å². The molecule has 1 amide bonds. The molecule has 0 aliphatic rings. The van der Waals surface area contributed by atoms with E-state index >= 15 is 0 Å². The molecule has 146 valence electrons. The summed E-state index contributed by atoms with van der Waals surface area (Å²) in [6.07, 6.45) is 2.41. The molecule has 0 aliphatic carbocycles. The minimum absolute atomic E-state index is 0.0863. The maximum Gasteiger partial charge on any atom is 0.296 e. The van der Waals surface area contributed by atoms with E-state index < -0.39 is 17.0 Å². The van der Waals surface area contributed by atoms with Gasteiger partial charge in [0.2, 0.25) is 5.75 Å². The van der Waals surface area contributed by atoms with E-state index in [1.807, 2.05) is 6.07 Å². The highest BCUT2D eigenvalue weighted by Gasteiger charge is 2.14. The van der Waals surface area contributed by atoms with Crippen molar-refractivity contribution in [1.82, 2.24) is 19.5 Å². The molecular weight excluding hydrogens is 400 g/mol. The predicted molar refractivity (Wildman–Crippen MR) is 102 cm³/mol. The molecule has 2 aromatic heterocycles. The van der Waals surface area contributed by atoms with Crippen LogP contribution >= 0.6 is 11.6 Å². The van der Waals surface area contributed by atoms with E-state index in [1.54, 1.807) is 6.92 Å². The van der Waals surface area contributed by atoms with E-state index in [9.17, 15) is 14.4 Å². The summed E-state index contributed by atoms with van der Waals surface area (Å²) < 4.78 is 6.78. The van der Waals surface area contributed by atoms with E-state index in [0.29, 0.717) is 5.69 Å². The highest BCUT2D eigenvalue weighted by Crippen LogP contribution is 2.25. The molecule has 0 radical (unpaired) electrons. The first-order valence-corrected chi connectivity index (χ1v) is 8.49. The Hall–Kier alpha value is -3.97. The SMILES string of the molecule is Cc1ncn(Cc2cnc(C(N)=O)[nH]c2=O)c(=O)c1Oc1cc(Cl)cc(C#N)c1. The van der Waals surface area contributed by atoms with Crippen LogP contribution in [-0.4, -0.2) is 25.4 Å². The molecule has 0 saturated heterocycles. The number of aryl methyl sites for hydroxylation is 1. The molecule has 0 fully saturated rings. The summed E-state index contributed by atoms with van der Waals surface area (Å²) in [5.41, 5.74) is 4.58. The van der Waals surface area contributed by atoms with Crippen molar-refractivity contribution in [3.05, 3.63) is 79.1 Å². The number of nitriles is 1. The van der Waals surface area contributed by atoms with Gasteiger partial charge < -0.3 is 15.5 Å². The first-order chi connectivity index (χ1) is 13.8. The number of nitrogens with zero attached hydrogens (tertiary/aromatic N) is 4. The Morgan fingerprint density at radius 2 is 2.10 bits per heavy atom. The summed E-state index contributed by atoms with van der Waals surface area (Å²) in [6.45, 7) is 1.41. The van der Waals surface area contributed by atoms with Crippen molar-refractivity contribution in [2.75, 3.05) is 0 Å². The van der Waals surface area contributed by atoms with Gasteiger partial charge in [-0.15, -0.1) is 0 Å². The van der Waals surface area contributed by atoms with Gasteiger partial charge in [0.1, 0.15) is 5.75 Å². The van der Waals surface area contributed by atoms with Crippen LogP contribution in [-0.2, 0) is 6.54 Å². The number of ether oxygens (including phenoxy) is 1. The molecular formula is C18H13ClN6O4. The third-order valence-corrected chi connectivity index (χ3v) is 4.06. The fourth-order valence-electron chi connectivity index (χ4n) is 2.43. The van der Waals surface area contributed by atoms with E-state index in [0.717, 1.165) is 10.8 Å². The summed E-state index contributed by atoms with van der Waals surface area (Å²) in [4.78, 5) is 46.1. The largest absolute Gasteiger partial charge is 0.450 e. The van der Waals surface area contributed by atoms with Crippen LogP contribution in [0.2, 0.25) is 5.02 Å². The van der Waals surface area contributed by atoms with Crippen molar-refractivity contribution < 1.29 is 9.53 Å². The zero-order valence-corrected chi connectivity index (χ0v) is 15.7. The van der Waals surface area contributed by atoms with Crippen molar-refractivity contribution in [3.8, 4) is 17.6 Å². The topological polar surface area (TPSA) is 157 Å². The van der Waals surface area contributed by atoms with Crippen LogP contribution in [0.5, 0.6) is 11.5 Å². The van der Waals surface area contributed by atoms with E-state index in [1.165, 1.54) is 24.5 Å². The summed E-state index contributed by atoms with van der Waals surface area (Å²) in [6, 6.07) is 6.28. The average Bonchev–Trinajstić information content (AvgIpc) is 2.68. The third kappa shape index (κ3) is 4.31. The lowest BCUT2D eigenvalue weighted by atomic mass is 10.2. The number of H-pyrrole nitrogens is 1. The van der Waals surface area contributed by atoms with Gasteiger partial charge in [0, 0.05) is 11.2 Å². The number of nitrogens with two attached hydrogens (primary N) is 1. The summed E-state index contributed by atoms with van der Waals surface area (Å²) in [5.74, 6) is -1.06. The van der Waals surface area contributed by atoms with Crippen LogP contribution in [0.1, 0.15) is 27.4 Å². The normalized spacial score (nSPS) is 10.4. The molecule has 0 aliphatic heterocycles. The lowest BCUT2D eigenvalue weighted by Crippen LogP contribution is -2.28. The Morgan fingerprint density at radius 3 is 2.76 bits per heavy atom. The zero-order valence-electron chi connectivity index (χ0n) is 15.0. The molecule has 1 aromatic carbocycles. The van der Waals surface area contributed by atoms with E-state index in [2.05, 4.69) is 15.0 Å². The van der Waals surface area contributed by atoms with Crippen LogP contribution in [0.15, 0.2) is 40.3 Å². The van der Waals surface area contributed by atoms with Gasteiger partial charge in [-0.1, -0.05) is 11.6 Å². The molecule has 10 nitrogen and oxygen atoms in total. The van der Waals surface area contributed by atoms with Crippen LogP contribution in [0.4, 0.5) is 0 Å². The zero-order chi connectivity index (χ0) is 21.1. The maximum atomic E-state index is 12.8. The third-order valence-electron chi connectivity index (χ3n) is 3.84. The number of aromatic nitrogens is 4. The number of halogens is 1. The molecule has 29 heavy (non-hydrogen) atoms. The van der Waals surface area contributed by atoms with Crippen LogP contribution in [0.25, 0.3) is 0 Å². The van der Waals surface area contributed by atoms with Gasteiger partial charge in [0.25, 0.3) is 17.0 Å². The van der Waals surface area contributed by atoms with Crippen LogP contribution in [0, 0.1) is 18.3 Å². The standard InChI is InChI=1S/C18H13ClN6O4/c1-9-14(29-13-3-10(5-20)2-12(19)4-13)18(28)25(8-23-9)7-11-6-22-16(15(21)26)24-17(11)27/h2-4,6,8H,7H2,1H3,(H2,21,26)(H,22,24,27). The number of carbonyl (C=O) groups excluding carboxylic acids is 1. The minimum atomic E-state index is -0.878. The van der Waals surface area contributed by atoms with Gasteiger partial charge in [-0.2, -0.15) is 5.26 Å². The fourth-order valence-corrected chi connectivity index (χ4v) is 2.65. The summed E-state index contributed by atoms with van der Waals surface area (Å²) >= 11 is 5.96. The number of amides is 1. The number of hydrogen-bond acceptors (Lipinski definition) is 7. The number of carbonyl (C=O) groups is 1. The van der Waals surface area contributed by atoms with Crippen molar-refractivity contribution >= 4 is 17.5 Å². The van der Waals surface area contributed by atoms with Crippen molar-refractivity contribution in [3.63, 3.8) is 0 Å². The Bertz CT molecular complexity index is 1270. The molecule has 3 N–H and O–H groups in total. The molecule has 0 saturated carbocycles. The molecule has 3 rings (SSSR count). The Kier molecular flexibility index (Phi) is 5.43. The molecule has 2 heterocycles. The molecule has 0 spiro atoms. The van der Waals surface area contributed by atoms with Gasteiger partial charge in [0.05, 0.1) is 35.8 Å². The molecule has 0 unspecified atom stereocenters. The highest BCUT2D eigenvalue weighted by molar-refractivity contribution is 6.30. The van der Waals surface area contributed by atoms with Gasteiger partial charge >= 0.3 is 0 Å². The quantitative estimate of drug-likeness (QED) is 0.635. The van der Waals surface area contributed by atoms with Crippen LogP contribution in [0.3, 0.4) is 0 Å². The van der Waals surface area contributed by atoms with Gasteiger partial charge in [-0.3, -0.25) is 19.0 Å². The van der Waals surface area contributed by atoms with E-state index in [-0.39, 0.29) is 40.0 Å². The Morgan fingerprint density at radius 1 is 1.34 bits per heavy atom. The number of benzene rings is 1. The van der Waals surface area contributed by atoms with Gasteiger partial charge in [-0.25, -0.2) is 9.97 Å². The lowest BCUT2D eigenvalue weighted by molar-refractivity contribution is 0.0990. The Balaban J connectivity index is 1.97. The monoisotopic (exact) mass is 412 g/mol. The number of nitrogens with one attached hydrogen (secondary N) is 1. The number of rotatable bonds is 5. The highest BCUT2D eigenvalue weighted by atomic mass is 35.5. The van der Waals surface area contributed by atoms with Crippen molar-refractivity contribution in [2.24, 2.45) is 5.73 Å². The predicted octanol–water partition coefficient (Wildman–Crippen LogP) is 1.10. The van der Waals surface area contributed by atoms with E-state index in [4.69, 9.17) is 27.3 Å². The molecule has 0 bridgehead atoms. The second-order valence-electron chi connectivity index (χ2n) is 5.93. The first-order valence-electron chi connectivity index (χ1n) is 8.11. The second kappa shape index (κ2) is 7.95. The summed E-state index contributed by atoms with van der Waals surface area (Å²) in [7, 11) is 0. The fraction of sp³-hybridized carbons (Fsp3) is 0.111. The number of primary amides is 1. The Labute approximate surface area is 168 Å². The summed E-state index contributed by atoms with van der Waals surface area (Å²) in [5, 5.41) is 9.31. The molecule has 11 heteroatoms. The number of aromatic amines is 1. The van der Waals surface area contributed by atoms with Gasteiger partial charge in [0.15, 0.2) is 5.82 Å². The molecule has 3 aromatic rings. The second-order valence-corrected chi connectivity index (χ2v) is 6.37. The van der Waals surface area contributed by atoms with Gasteiger partial charge in [-0.05, 0) is 25.1 Å². The smallest absolute Gasteiger partial charge is 0.296 e. The first kappa shape index (κ1) is 19.8.